The summed E-state index contributed by atoms with van der Waals surface area (Å²) in [5.41, 5.74) is 3.06. The van der Waals surface area contributed by atoms with Gasteiger partial charge in [0.05, 0.1) is 18.2 Å². The molecular weight excluding hydrogens is 394 g/mol. The smallest absolute Gasteiger partial charge is 0.253 e. The van der Waals surface area contributed by atoms with E-state index in [1.165, 1.54) is 6.92 Å². The molecule has 2 amide bonds. The molecule has 1 aromatic carbocycles. The first-order valence-corrected chi connectivity index (χ1v) is 10.5. The number of ketones is 1. The fraction of sp³-hybridized carbons (Fsp3) is 0.348. The topological polar surface area (TPSA) is 96.7 Å². The Morgan fingerprint density at radius 1 is 1.06 bits per heavy atom. The molecule has 1 N–H and O–H groups in total. The lowest BCUT2D eigenvalue weighted by molar-refractivity contribution is -0.121. The molecule has 0 atom stereocenters. The van der Waals surface area contributed by atoms with Crippen LogP contribution < -0.4 is 5.32 Å². The number of pyridine rings is 1. The molecule has 5 rings (SSSR count). The van der Waals surface area contributed by atoms with Gasteiger partial charge in [0, 0.05) is 37.1 Å². The second kappa shape index (κ2) is 7.61. The number of carbonyl (C=O) groups excluding carboxylic acids is 3. The maximum Gasteiger partial charge on any atom is 0.253 e. The molecular formula is C23H23N5O3. The lowest BCUT2D eigenvalue weighted by Gasteiger charge is -2.39. The van der Waals surface area contributed by atoms with Crippen LogP contribution in [-0.4, -0.2) is 56.2 Å². The van der Waals surface area contributed by atoms with Crippen LogP contribution in [0.15, 0.2) is 42.5 Å². The highest BCUT2D eigenvalue weighted by atomic mass is 16.2. The average molecular weight is 417 g/mol. The van der Waals surface area contributed by atoms with Crippen LogP contribution in [0, 0.1) is 5.92 Å². The molecule has 2 fully saturated rings. The van der Waals surface area contributed by atoms with Crippen LogP contribution in [0.1, 0.15) is 35.9 Å². The summed E-state index contributed by atoms with van der Waals surface area (Å²) in [5, 5.41) is 7.37. The van der Waals surface area contributed by atoms with E-state index in [0.29, 0.717) is 30.1 Å². The van der Waals surface area contributed by atoms with Gasteiger partial charge in [-0.05, 0) is 37.1 Å². The van der Waals surface area contributed by atoms with Gasteiger partial charge in [0.25, 0.3) is 5.91 Å². The fourth-order valence-corrected chi connectivity index (χ4v) is 3.94. The molecule has 2 aromatic heterocycles. The van der Waals surface area contributed by atoms with Gasteiger partial charge in [-0.3, -0.25) is 14.4 Å². The third kappa shape index (κ3) is 3.93. The predicted molar refractivity (Wildman–Crippen MR) is 113 cm³/mol. The van der Waals surface area contributed by atoms with E-state index in [1.807, 2.05) is 30.3 Å². The van der Waals surface area contributed by atoms with Gasteiger partial charge in [-0.15, -0.1) is 0 Å². The maximum absolute atomic E-state index is 12.6. The number of aromatic nitrogens is 3. The fourth-order valence-electron chi connectivity index (χ4n) is 3.94. The molecule has 8 nitrogen and oxygen atoms in total. The highest BCUT2D eigenvalue weighted by Crippen LogP contribution is 2.31. The van der Waals surface area contributed by atoms with E-state index in [0.717, 1.165) is 24.1 Å². The maximum atomic E-state index is 12.6. The Bertz CT molecular complexity index is 1170. The molecule has 31 heavy (non-hydrogen) atoms. The minimum absolute atomic E-state index is 0.0339. The summed E-state index contributed by atoms with van der Waals surface area (Å²) in [4.78, 5) is 42.1. The summed E-state index contributed by atoms with van der Waals surface area (Å²) in [5.74, 6) is 0.822. The number of Topliss-reactive ketones (excluding diaryl/α,β-unsaturated/α-hetero) is 1. The summed E-state index contributed by atoms with van der Waals surface area (Å²) >= 11 is 0. The Labute approximate surface area is 179 Å². The third-order valence-corrected chi connectivity index (χ3v) is 5.77. The van der Waals surface area contributed by atoms with Crippen LogP contribution in [0.3, 0.4) is 0 Å². The minimum Gasteiger partial charge on any atom is -0.350 e. The highest BCUT2D eigenvalue weighted by Gasteiger charge is 2.32. The molecule has 158 valence electrons. The van der Waals surface area contributed by atoms with Crippen LogP contribution in [-0.2, 0) is 16.0 Å². The summed E-state index contributed by atoms with van der Waals surface area (Å²) in [6, 6.07) is 13.1. The lowest BCUT2D eigenvalue weighted by Crippen LogP contribution is -2.60. The number of nitrogens with one attached hydrogen (secondary N) is 1. The molecule has 0 bridgehead atoms. The van der Waals surface area contributed by atoms with E-state index in [9.17, 15) is 14.4 Å². The monoisotopic (exact) mass is 417 g/mol. The van der Waals surface area contributed by atoms with Crippen molar-refractivity contribution in [2.45, 2.75) is 32.2 Å². The van der Waals surface area contributed by atoms with Crippen LogP contribution in [0.5, 0.6) is 0 Å². The van der Waals surface area contributed by atoms with Gasteiger partial charge in [0.2, 0.25) is 5.91 Å². The van der Waals surface area contributed by atoms with Crippen molar-refractivity contribution in [1.29, 1.82) is 0 Å². The van der Waals surface area contributed by atoms with E-state index < -0.39 is 0 Å². The number of carbonyl (C=O) groups is 3. The molecule has 1 aliphatic carbocycles. The molecule has 3 heterocycles. The van der Waals surface area contributed by atoms with Crippen molar-refractivity contribution in [3.8, 4) is 11.3 Å². The SMILES string of the molecule is CC(=O)NC1CN(C(=O)c2ccc(-c3cccc4nc(CC(=O)C5CC5)nn34)cc2)C1. The largest absolute Gasteiger partial charge is 0.350 e. The van der Waals surface area contributed by atoms with Crippen molar-refractivity contribution in [2.24, 2.45) is 5.92 Å². The Balaban J connectivity index is 1.32. The van der Waals surface area contributed by atoms with Gasteiger partial charge in [0.1, 0.15) is 5.78 Å². The van der Waals surface area contributed by atoms with Gasteiger partial charge in [-0.1, -0.05) is 18.2 Å². The van der Waals surface area contributed by atoms with Gasteiger partial charge >= 0.3 is 0 Å². The van der Waals surface area contributed by atoms with Gasteiger partial charge in [-0.2, -0.15) is 5.10 Å². The molecule has 1 saturated carbocycles. The first-order chi connectivity index (χ1) is 15.0. The Hall–Kier alpha value is -3.55. The number of amides is 2. The second-order valence-corrected chi connectivity index (χ2v) is 8.31. The average Bonchev–Trinajstić information content (AvgIpc) is 3.50. The quantitative estimate of drug-likeness (QED) is 0.661. The van der Waals surface area contributed by atoms with Crippen molar-refractivity contribution in [2.75, 3.05) is 13.1 Å². The number of hydrogen-bond donors (Lipinski definition) is 1. The second-order valence-electron chi connectivity index (χ2n) is 8.31. The van der Waals surface area contributed by atoms with Crippen molar-refractivity contribution in [3.05, 3.63) is 53.9 Å². The zero-order chi connectivity index (χ0) is 21.5. The minimum atomic E-state index is -0.0798. The Morgan fingerprint density at radius 2 is 1.81 bits per heavy atom. The van der Waals surface area contributed by atoms with Crippen LogP contribution >= 0.6 is 0 Å². The number of nitrogens with zero attached hydrogens (tertiary/aromatic N) is 4. The highest BCUT2D eigenvalue weighted by molar-refractivity contribution is 5.95. The normalized spacial score (nSPS) is 16.2. The number of likely N-dealkylation sites (tertiary alicyclic amines) is 1. The number of fused-ring (bicyclic) bond motifs is 1. The summed E-state index contributed by atoms with van der Waals surface area (Å²) in [7, 11) is 0. The summed E-state index contributed by atoms with van der Waals surface area (Å²) < 4.78 is 1.75. The predicted octanol–water partition coefficient (Wildman–Crippen LogP) is 1.88. The van der Waals surface area contributed by atoms with E-state index in [-0.39, 0.29) is 36.0 Å². The molecule has 8 heteroatoms. The first kappa shape index (κ1) is 19.4. The van der Waals surface area contributed by atoms with Gasteiger partial charge in [-0.25, -0.2) is 9.50 Å². The van der Waals surface area contributed by atoms with Crippen molar-refractivity contribution in [1.82, 2.24) is 24.8 Å². The van der Waals surface area contributed by atoms with Crippen LogP contribution in [0.25, 0.3) is 16.9 Å². The molecule has 1 saturated heterocycles. The summed E-state index contributed by atoms with van der Waals surface area (Å²) in [6.45, 7) is 2.54. The van der Waals surface area contributed by atoms with Gasteiger partial charge in [0.15, 0.2) is 11.5 Å². The molecule has 0 spiro atoms. The van der Waals surface area contributed by atoms with E-state index in [1.54, 1.807) is 21.5 Å². The number of hydrogen-bond acceptors (Lipinski definition) is 5. The zero-order valence-corrected chi connectivity index (χ0v) is 17.2. The van der Waals surface area contributed by atoms with E-state index >= 15 is 0 Å². The molecule has 2 aliphatic rings. The molecule has 3 aromatic rings. The van der Waals surface area contributed by atoms with E-state index in [4.69, 9.17) is 0 Å². The molecule has 0 unspecified atom stereocenters. The Morgan fingerprint density at radius 3 is 2.48 bits per heavy atom. The standard InChI is InChI=1S/C23H23N5O3/c1-14(29)24-18-12-27(13-18)23(31)17-9-5-15(6-10-17)19-3-2-4-22-25-21(26-28(19)22)11-20(30)16-7-8-16/h2-6,9-10,16,18H,7-8,11-13H2,1H3,(H,24,29). The van der Waals surface area contributed by atoms with Crippen molar-refractivity contribution in [3.63, 3.8) is 0 Å². The number of rotatable bonds is 6. The summed E-state index contributed by atoms with van der Waals surface area (Å²) in [6.07, 6.45) is 2.23. The zero-order valence-electron chi connectivity index (χ0n) is 17.2. The van der Waals surface area contributed by atoms with Crippen LogP contribution in [0.4, 0.5) is 0 Å². The van der Waals surface area contributed by atoms with Gasteiger partial charge < -0.3 is 10.2 Å². The molecule has 0 radical (unpaired) electrons. The van der Waals surface area contributed by atoms with Crippen molar-refractivity contribution >= 4 is 23.2 Å². The Kier molecular flexibility index (Phi) is 4.77. The van der Waals surface area contributed by atoms with Crippen molar-refractivity contribution < 1.29 is 14.4 Å². The number of benzene rings is 1. The lowest BCUT2D eigenvalue weighted by atomic mass is 10.0. The van der Waals surface area contributed by atoms with E-state index in [2.05, 4.69) is 15.4 Å². The third-order valence-electron chi connectivity index (χ3n) is 5.77. The first-order valence-electron chi connectivity index (χ1n) is 10.5. The molecule has 1 aliphatic heterocycles. The van der Waals surface area contributed by atoms with Crippen LogP contribution in [0.2, 0.25) is 0 Å².